The zero-order valence-corrected chi connectivity index (χ0v) is 8.04. The van der Waals surface area contributed by atoms with E-state index in [4.69, 9.17) is 5.26 Å². The molecule has 0 bridgehead atoms. The minimum Gasteiger partial charge on any atom is -0.549 e. The standard InChI is InChI=1S/C3H3NO2.Tl/c4-2-1-3(5)6;/h1H2,(H,5,6);/q;+1/p-1. The Hall–Kier alpha value is -0.118. The molecule has 34 valence electrons. The Morgan fingerprint density at radius 3 is 2.29 bits per heavy atom. The van der Waals surface area contributed by atoms with E-state index in [0.717, 1.165) is 0 Å². The van der Waals surface area contributed by atoms with Crippen LogP contribution in [0.3, 0.4) is 0 Å². The number of aliphatic carboxylic acids is 1. The zero-order valence-electron chi connectivity index (χ0n) is 3.55. The molecule has 0 aliphatic heterocycles. The number of carbonyl (C=O) groups excluding carboxylic acids is 1. The van der Waals surface area contributed by atoms with Gasteiger partial charge in [0.1, 0.15) is 0 Å². The summed E-state index contributed by atoms with van der Waals surface area (Å²) in [5.41, 5.74) is 0. The van der Waals surface area contributed by atoms with Crippen LogP contribution in [0, 0.1) is 11.3 Å². The van der Waals surface area contributed by atoms with Crippen molar-refractivity contribution < 1.29 is 9.90 Å². The Labute approximate surface area is 61.1 Å². The SMILES string of the molecule is N#CCC(=O)[O-].[Tl+]. The van der Waals surface area contributed by atoms with Crippen molar-refractivity contribution in [3.63, 3.8) is 0 Å². The molecule has 4 heteroatoms. The first kappa shape index (κ1) is 9.99. The molecular weight excluding hydrogens is 286 g/mol. The van der Waals surface area contributed by atoms with Crippen molar-refractivity contribution in [2.24, 2.45) is 0 Å². The number of carboxylic acid groups (broad SMARTS) is 1. The van der Waals surface area contributed by atoms with Crippen molar-refractivity contribution in [3.05, 3.63) is 0 Å². The van der Waals surface area contributed by atoms with E-state index in [9.17, 15) is 9.90 Å². The topological polar surface area (TPSA) is 63.9 Å². The van der Waals surface area contributed by atoms with E-state index >= 15 is 0 Å². The van der Waals surface area contributed by atoms with Crippen LogP contribution in [-0.2, 0) is 4.79 Å². The molecule has 7 heavy (non-hydrogen) atoms. The van der Waals surface area contributed by atoms with Gasteiger partial charge in [-0.15, -0.1) is 0 Å². The third-order valence-corrected chi connectivity index (χ3v) is 0.223. The predicted molar refractivity (Wildman–Crippen MR) is 21.0 cm³/mol. The van der Waals surface area contributed by atoms with E-state index in [-0.39, 0.29) is 27.3 Å². The summed E-state index contributed by atoms with van der Waals surface area (Å²) < 4.78 is 0. The van der Waals surface area contributed by atoms with E-state index < -0.39 is 12.4 Å². The summed E-state index contributed by atoms with van der Waals surface area (Å²) in [7, 11) is 0. The Morgan fingerprint density at radius 2 is 2.29 bits per heavy atom. The normalized spacial score (nSPS) is 5.57. The zero-order chi connectivity index (χ0) is 4.99. The number of carboxylic acids is 1. The second-order valence-electron chi connectivity index (χ2n) is 0.707. The van der Waals surface area contributed by atoms with Crippen molar-refractivity contribution in [2.45, 2.75) is 6.42 Å². The van der Waals surface area contributed by atoms with Gasteiger partial charge in [0.25, 0.3) is 0 Å². The number of nitriles is 1. The largest absolute Gasteiger partial charge is 1.00 e. The molecular formula is C3H2NO2Tl. The first-order valence-electron chi connectivity index (χ1n) is 1.34. The quantitative estimate of drug-likeness (QED) is 0.539. The van der Waals surface area contributed by atoms with Gasteiger partial charge in [0, 0.05) is 0 Å². The van der Waals surface area contributed by atoms with Crippen LogP contribution in [0.4, 0.5) is 0 Å². The molecule has 0 rings (SSSR count). The van der Waals surface area contributed by atoms with Gasteiger partial charge in [0.05, 0.1) is 18.5 Å². The summed E-state index contributed by atoms with van der Waals surface area (Å²) in [4.78, 5) is 9.27. The minimum atomic E-state index is -1.32. The third-order valence-electron chi connectivity index (χ3n) is 0.223. The maximum absolute atomic E-state index is 9.27. The molecule has 0 amide bonds. The van der Waals surface area contributed by atoms with Gasteiger partial charge in [0.2, 0.25) is 0 Å². The van der Waals surface area contributed by atoms with Crippen LogP contribution in [0.5, 0.6) is 0 Å². The molecule has 0 radical (unpaired) electrons. The van der Waals surface area contributed by atoms with Crippen LogP contribution >= 0.6 is 0 Å². The molecule has 0 spiro atoms. The Kier molecular flexibility index (Phi) is 8.39. The predicted octanol–water partition coefficient (Wildman–Crippen LogP) is -1.73. The molecule has 0 aromatic rings. The van der Waals surface area contributed by atoms with Gasteiger partial charge in [-0.2, -0.15) is 5.26 Å². The summed E-state index contributed by atoms with van der Waals surface area (Å²) in [5.74, 6) is -1.32. The Balaban J connectivity index is 0. The van der Waals surface area contributed by atoms with Crippen molar-refractivity contribution >= 4 is 33.3 Å². The van der Waals surface area contributed by atoms with Gasteiger partial charge in [0.15, 0.2) is 0 Å². The molecule has 0 aromatic heterocycles. The smallest absolute Gasteiger partial charge is 0.549 e. The van der Waals surface area contributed by atoms with Crippen molar-refractivity contribution in [2.75, 3.05) is 0 Å². The first-order valence-corrected chi connectivity index (χ1v) is 1.34. The molecule has 0 atom stereocenters. The molecule has 0 aliphatic rings. The van der Waals surface area contributed by atoms with Crippen LogP contribution in [0.25, 0.3) is 0 Å². The fourth-order valence-electron chi connectivity index (χ4n) is 0.0645. The second kappa shape index (κ2) is 5.88. The minimum absolute atomic E-state index is 0. The fraction of sp³-hybridized carbons (Fsp3) is 0.333. The summed E-state index contributed by atoms with van der Waals surface area (Å²) in [5, 5.41) is 16.8. The fourth-order valence-corrected chi connectivity index (χ4v) is 0.0645. The number of hydrogen-bond acceptors (Lipinski definition) is 3. The van der Waals surface area contributed by atoms with Gasteiger partial charge < -0.3 is 9.90 Å². The number of hydrogen-bond donors (Lipinski definition) is 0. The third kappa shape index (κ3) is 10.7. The van der Waals surface area contributed by atoms with Gasteiger partial charge in [-0.05, 0) is 0 Å². The van der Waals surface area contributed by atoms with Crippen LogP contribution in [0.15, 0.2) is 0 Å². The van der Waals surface area contributed by atoms with Gasteiger partial charge >= 0.3 is 27.3 Å². The summed E-state index contributed by atoms with van der Waals surface area (Å²) in [6.45, 7) is 0. The monoisotopic (exact) mass is 289 g/mol. The van der Waals surface area contributed by atoms with Crippen molar-refractivity contribution in [3.8, 4) is 6.07 Å². The Bertz CT molecular complexity index is 95.6. The van der Waals surface area contributed by atoms with E-state index in [0.29, 0.717) is 0 Å². The molecule has 3 nitrogen and oxygen atoms in total. The molecule has 0 N–H and O–H groups in total. The van der Waals surface area contributed by atoms with Crippen LogP contribution < -0.4 is 5.11 Å². The number of carbonyl (C=O) groups is 1. The Morgan fingerprint density at radius 1 is 1.86 bits per heavy atom. The van der Waals surface area contributed by atoms with E-state index in [1.54, 1.807) is 0 Å². The maximum atomic E-state index is 9.27. The average molecular weight is 288 g/mol. The number of nitrogens with zero attached hydrogens (tertiary/aromatic N) is 1. The van der Waals surface area contributed by atoms with Crippen LogP contribution in [0.2, 0.25) is 0 Å². The molecule has 0 fully saturated rings. The maximum Gasteiger partial charge on any atom is 1.00 e. The van der Waals surface area contributed by atoms with Crippen LogP contribution in [-0.4, -0.2) is 33.3 Å². The van der Waals surface area contributed by atoms with Crippen molar-refractivity contribution in [1.82, 2.24) is 0 Å². The summed E-state index contributed by atoms with van der Waals surface area (Å²) >= 11 is 0. The molecule has 0 unspecified atom stereocenters. The van der Waals surface area contributed by atoms with Gasteiger partial charge in [-0.3, -0.25) is 0 Å². The van der Waals surface area contributed by atoms with E-state index in [1.165, 1.54) is 6.07 Å². The van der Waals surface area contributed by atoms with Crippen LogP contribution in [0.1, 0.15) is 6.42 Å². The van der Waals surface area contributed by atoms with Gasteiger partial charge in [-0.1, -0.05) is 0 Å². The second-order valence-corrected chi connectivity index (χ2v) is 0.707. The molecule has 0 saturated carbocycles. The molecule has 0 saturated heterocycles. The molecule has 0 aromatic carbocycles. The summed E-state index contributed by atoms with van der Waals surface area (Å²) in [6.07, 6.45) is -0.514. The molecule has 0 aliphatic carbocycles. The number of rotatable bonds is 1. The first-order chi connectivity index (χ1) is 2.77. The summed E-state index contributed by atoms with van der Waals surface area (Å²) in [6, 6.07) is 1.41. The average Bonchev–Trinajstić information content (AvgIpc) is 1.35. The van der Waals surface area contributed by atoms with E-state index in [2.05, 4.69) is 0 Å². The van der Waals surface area contributed by atoms with E-state index in [1.807, 2.05) is 0 Å². The van der Waals surface area contributed by atoms with Crippen molar-refractivity contribution in [1.29, 1.82) is 5.26 Å². The van der Waals surface area contributed by atoms with Gasteiger partial charge in [-0.25, -0.2) is 0 Å². The molecule has 0 heterocycles.